The first-order chi connectivity index (χ1) is 12.5. The first kappa shape index (κ1) is 17.7. The van der Waals surface area contributed by atoms with Gasteiger partial charge in [-0.3, -0.25) is 19.8 Å². The molecule has 26 heavy (non-hydrogen) atoms. The molecule has 132 valence electrons. The molecule has 3 N–H and O–H groups in total. The molecule has 1 aliphatic heterocycles. The number of nitrogens with zero attached hydrogens (tertiary/aromatic N) is 1. The molecule has 1 fully saturated rings. The fourth-order valence-corrected chi connectivity index (χ4v) is 2.76. The van der Waals surface area contributed by atoms with Gasteiger partial charge in [0.15, 0.2) is 6.61 Å². The van der Waals surface area contributed by atoms with Crippen molar-refractivity contribution in [1.82, 2.24) is 5.43 Å². The number of ether oxygens (including phenoxy) is 1. The van der Waals surface area contributed by atoms with Crippen LogP contribution >= 0.6 is 15.9 Å². The summed E-state index contributed by atoms with van der Waals surface area (Å²) in [6.07, 6.45) is 1.42. The molecule has 8 heteroatoms. The summed E-state index contributed by atoms with van der Waals surface area (Å²) in [5, 5.41) is 1.18. The highest BCUT2D eigenvalue weighted by Crippen LogP contribution is 2.28. The second kappa shape index (κ2) is 7.40. The van der Waals surface area contributed by atoms with E-state index in [9.17, 15) is 14.4 Å². The smallest absolute Gasteiger partial charge is 0.282 e. The highest BCUT2D eigenvalue weighted by Gasteiger charge is 2.34. The van der Waals surface area contributed by atoms with Gasteiger partial charge in [0.1, 0.15) is 11.3 Å². The summed E-state index contributed by atoms with van der Waals surface area (Å²) in [6.45, 7) is -0.311. The van der Waals surface area contributed by atoms with Crippen LogP contribution in [0.2, 0.25) is 0 Å². The Balaban J connectivity index is 1.94. The van der Waals surface area contributed by atoms with Crippen molar-refractivity contribution in [3.05, 3.63) is 64.1 Å². The van der Waals surface area contributed by atoms with Crippen molar-refractivity contribution in [1.29, 1.82) is 0 Å². The largest absolute Gasteiger partial charge is 0.483 e. The van der Waals surface area contributed by atoms with E-state index in [-0.39, 0.29) is 12.2 Å². The van der Waals surface area contributed by atoms with Crippen LogP contribution in [0.5, 0.6) is 5.75 Å². The number of carbonyl (C=O) groups is 3. The van der Waals surface area contributed by atoms with E-state index >= 15 is 0 Å². The minimum atomic E-state index is -0.628. The molecule has 0 atom stereocenters. The SMILES string of the molecule is NC(=O)COc1ccc(Br)cc1C=C1C(=O)NN(c2ccccc2)C1=O. The van der Waals surface area contributed by atoms with Gasteiger partial charge in [0.2, 0.25) is 0 Å². The molecule has 3 rings (SSSR count). The number of hydrazine groups is 1. The third-order valence-electron chi connectivity index (χ3n) is 3.55. The normalized spacial score (nSPS) is 15.3. The van der Waals surface area contributed by atoms with Gasteiger partial charge in [-0.1, -0.05) is 34.1 Å². The second-order valence-corrected chi connectivity index (χ2v) is 6.33. The van der Waals surface area contributed by atoms with E-state index in [4.69, 9.17) is 10.5 Å². The molecule has 3 amide bonds. The molecule has 0 radical (unpaired) electrons. The molecular formula is C18H14BrN3O4. The lowest BCUT2D eigenvalue weighted by atomic mass is 10.1. The standard InChI is InChI=1S/C18H14BrN3O4/c19-12-6-7-15(26-10-16(20)23)11(8-12)9-14-17(24)21-22(18(14)25)13-4-2-1-3-5-13/h1-9H,10H2,(H2,20,23)(H,21,24). The number of nitrogens with two attached hydrogens (primary N) is 1. The molecular weight excluding hydrogens is 402 g/mol. The molecule has 1 saturated heterocycles. The van der Waals surface area contributed by atoms with Crippen molar-refractivity contribution < 1.29 is 19.1 Å². The van der Waals surface area contributed by atoms with Gasteiger partial charge < -0.3 is 10.5 Å². The van der Waals surface area contributed by atoms with Crippen LogP contribution in [0, 0.1) is 0 Å². The summed E-state index contributed by atoms with van der Waals surface area (Å²) in [5.41, 5.74) is 8.59. The molecule has 0 aliphatic carbocycles. The Kier molecular flexibility index (Phi) is 5.04. The average molecular weight is 416 g/mol. The second-order valence-electron chi connectivity index (χ2n) is 5.41. The van der Waals surface area contributed by atoms with Gasteiger partial charge in [0.05, 0.1) is 5.69 Å². The molecule has 2 aromatic rings. The first-order valence-corrected chi connectivity index (χ1v) is 8.38. The van der Waals surface area contributed by atoms with E-state index in [1.807, 2.05) is 6.07 Å². The monoisotopic (exact) mass is 415 g/mol. The summed E-state index contributed by atoms with van der Waals surface area (Å²) in [6, 6.07) is 13.8. The molecule has 0 bridgehead atoms. The number of benzene rings is 2. The van der Waals surface area contributed by atoms with Gasteiger partial charge in [-0.25, -0.2) is 5.01 Å². The number of halogens is 1. The fraction of sp³-hybridized carbons (Fsp3) is 0.0556. The minimum absolute atomic E-state index is 0.0455. The van der Waals surface area contributed by atoms with Crippen molar-refractivity contribution in [2.24, 2.45) is 5.73 Å². The average Bonchev–Trinajstić information content (AvgIpc) is 2.90. The molecule has 1 heterocycles. The molecule has 0 saturated carbocycles. The van der Waals surface area contributed by atoms with E-state index in [0.29, 0.717) is 17.0 Å². The highest BCUT2D eigenvalue weighted by atomic mass is 79.9. The molecule has 7 nitrogen and oxygen atoms in total. The number of anilines is 1. The molecule has 1 aliphatic rings. The van der Waals surface area contributed by atoms with E-state index in [1.54, 1.807) is 42.5 Å². The quantitative estimate of drug-likeness (QED) is 0.573. The predicted octanol–water partition coefficient (Wildman–Crippen LogP) is 1.77. The van der Waals surface area contributed by atoms with Crippen LogP contribution in [0.15, 0.2) is 58.6 Å². The number of rotatable bonds is 5. The summed E-state index contributed by atoms with van der Waals surface area (Å²) < 4.78 is 6.07. The summed E-state index contributed by atoms with van der Waals surface area (Å²) in [5.74, 6) is -1.31. The Morgan fingerprint density at radius 1 is 1.19 bits per heavy atom. The number of carbonyl (C=O) groups excluding carboxylic acids is 3. The van der Waals surface area contributed by atoms with Crippen LogP contribution in [-0.4, -0.2) is 24.3 Å². The van der Waals surface area contributed by atoms with Gasteiger partial charge in [0, 0.05) is 10.0 Å². The van der Waals surface area contributed by atoms with E-state index in [2.05, 4.69) is 21.4 Å². The van der Waals surface area contributed by atoms with Gasteiger partial charge in [-0.05, 0) is 36.4 Å². The van der Waals surface area contributed by atoms with E-state index in [1.165, 1.54) is 11.1 Å². The Bertz CT molecular complexity index is 912. The summed E-state index contributed by atoms with van der Waals surface area (Å²) in [4.78, 5) is 35.8. The Morgan fingerprint density at radius 2 is 1.92 bits per heavy atom. The lowest BCUT2D eigenvalue weighted by Gasteiger charge is -2.14. The van der Waals surface area contributed by atoms with Crippen molar-refractivity contribution in [2.75, 3.05) is 11.6 Å². The lowest BCUT2D eigenvalue weighted by Crippen LogP contribution is -2.35. The van der Waals surface area contributed by atoms with Crippen molar-refractivity contribution in [3.8, 4) is 5.75 Å². The van der Waals surface area contributed by atoms with Crippen LogP contribution in [0.3, 0.4) is 0 Å². The number of hydrogen-bond acceptors (Lipinski definition) is 4. The Labute approximate surface area is 157 Å². The third kappa shape index (κ3) is 3.75. The van der Waals surface area contributed by atoms with Crippen molar-refractivity contribution in [2.45, 2.75) is 0 Å². The molecule has 0 spiro atoms. The summed E-state index contributed by atoms with van der Waals surface area (Å²) >= 11 is 3.33. The highest BCUT2D eigenvalue weighted by molar-refractivity contribution is 9.10. The number of amides is 3. The fourth-order valence-electron chi connectivity index (χ4n) is 2.38. The van der Waals surface area contributed by atoms with Crippen molar-refractivity contribution >= 4 is 45.4 Å². The zero-order valence-electron chi connectivity index (χ0n) is 13.4. The minimum Gasteiger partial charge on any atom is -0.483 e. The van der Waals surface area contributed by atoms with Gasteiger partial charge >= 0.3 is 0 Å². The number of primary amides is 1. The van der Waals surface area contributed by atoms with Gasteiger partial charge in [-0.15, -0.1) is 0 Å². The van der Waals surface area contributed by atoms with Crippen LogP contribution in [-0.2, 0) is 14.4 Å². The van der Waals surface area contributed by atoms with Crippen LogP contribution in [0.4, 0.5) is 5.69 Å². The van der Waals surface area contributed by atoms with Gasteiger partial charge in [0.25, 0.3) is 17.7 Å². The predicted molar refractivity (Wildman–Crippen MR) is 98.9 cm³/mol. The first-order valence-electron chi connectivity index (χ1n) is 7.58. The molecule has 0 unspecified atom stereocenters. The molecule has 0 aromatic heterocycles. The maximum Gasteiger partial charge on any atom is 0.282 e. The van der Waals surface area contributed by atoms with Crippen LogP contribution in [0.25, 0.3) is 6.08 Å². The summed E-state index contributed by atoms with van der Waals surface area (Å²) in [7, 11) is 0. The lowest BCUT2D eigenvalue weighted by molar-refractivity contribution is -0.120. The van der Waals surface area contributed by atoms with Crippen molar-refractivity contribution in [3.63, 3.8) is 0 Å². The topological polar surface area (TPSA) is 102 Å². The number of para-hydroxylation sites is 1. The van der Waals surface area contributed by atoms with E-state index in [0.717, 1.165) is 4.47 Å². The number of hydrogen-bond donors (Lipinski definition) is 2. The van der Waals surface area contributed by atoms with E-state index < -0.39 is 17.7 Å². The Morgan fingerprint density at radius 3 is 2.62 bits per heavy atom. The zero-order chi connectivity index (χ0) is 18.7. The number of nitrogens with one attached hydrogen (secondary N) is 1. The van der Waals surface area contributed by atoms with Crippen LogP contribution in [0.1, 0.15) is 5.56 Å². The third-order valence-corrected chi connectivity index (χ3v) is 4.04. The Hall–Kier alpha value is -3.13. The maximum atomic E-state index is 12.6. The zero-order valence-corrected chi connectivity index (χ0v) is 15.0. The van der Waals surface area contributed by atoms with Gasteiger partial charge in [-0.2, -0.15) is 0 Å². The van der Waals surface area contributed by atoms with Crippen LogP contribution < -0.4 is 20.9 Å². The maximum absolute atomic E-state index is 12.6. The molecule has 2 aromatic carbocycles.